The molecule has 0 spiro atoms. The summed E-state index contributed by atoms with van der Waals surface area (Å²) >= 11 is 0. The molecule has 0 aliphatic heterocycles. The van der Waals surface area contributed by atoms with Gasteiger partial charge in [0.2, 0.25) is 5.91 Å². The Morgan fingerprint density at radius 2 is 1.75 bits per heavy atom. The largest absolute Gasteiger partial charge is 0.494 e. The van der Waals surface area contributed by atoms with Gasteiger partial charge in [-0.25, -0.2) is 0 Å². The third-order valence-corrected chi connectivity index (χ3v) is 3.62. The summed E-state index contributed by atoms with van der Waals surface area (Å²) in [7, 11) is 1.95. The van der Waals surface area contributed by atoms with Crippen molar-refractivity contribution in [1.29, 1.82) is 0 Å². The van der Waals surface area contributed by atoms with Crippen LogP contribution in [-0.2, 0) is 4.79 Å². The zero-order valence-electron chi connectivity index (χ0n) is 14.7. The van der Waals surface area contributed by atoms with Crippen LogP contribution in [0, 0.1) is 13.8 Å². The minimum Gasteiger partial charge on any atom is -0.494 e. The van der Waals surface area contributed by atoms with E-state index in [4.69, 9.17) is 4.74 Å². The van der Waals surface area contributed by atoms with Crippen LogP contribution in [-0.4, -0.2) is 37.6 Å². The first-order chi connectivity index (χ1) is 11.5. The van der Waals surface area contributed by atoms with Crippen molar-refractivity contribution in [2.75, 3.05) is 32.1 Å². The molecule has 128 valence electrons. The number of carbonyl (C=O) groups excluding carboxylic acids is 1. The van der Waals surface area contributed by atoms with Crippen LogP contribution in [0.3, 0.4) is 0 Å². The highest BCUT2D eigenvalue weighted by Crippen LogP contribution is 2.13. The van der Waals surface area contributed by atoms with Crippen molar-refractivity contribution in [1.82, 2.24) is 4.90 Å². The second kappa shape index (κ2) is 9.08. The van der Waals surface area contributed by atoms with Crippen LogP contribution in [0.2, 0.25) is 0 Å². The molecule has 24 heavy (non-hydrogen) atoms. The van der Waals surface area contributed by atoms with E-state index in [0.717, 1.165) is 35.5 Å². The molecule has 0 saturated heterocycles. The van der Waals surface area contributed by atoms with E-state index in [1.165, 1.54) is 0 Å². The standard InChI is InChI=1S/C20H26N2O2/c1-16-12-17(2)14-18(13-16)21-20(23)15-22(3)10-7-11-24-19-8-5-4-6-9-19/h4-6,8-9,12-14H,7,10-11,15H2,1-3H3,(H,21,23). The van der Waals surface area contributed by atoms with Gasteiger partial charge in [0.15, 0.2) is 0 Å². The second-order valence-corrected chi connectivity index (χ2v) is 6.18. The molecule has 0 aliphatic carbocycles. The van der Waals surface area contributed by atoms with Crippen molar-refractivity contribution in [2.24, 2.45) is 0 Å². The first kappa shape index (κ1) is 18.0. The number of ether oxygens (including phenoxy) is 1. The maximum absolute atomic E-state index is 12.1. The minimum absolute atomic E-state index is 0.00600. The lowest BCUT2D eigenvalue weighted by Gasteiger charge is -2.16. The lowest BCUT2D eigenvalue weighted by molar-refractivity contribution is -0.117. The Balaban J connectivity index is 1.67. The zero-order chi connectivity index (χ0) is 17.4. The average molecular weight is 326 g/mol. The van der Waals surface area contributed by atoms with Crippen LogP contribution >= 0.6 is 0 Å². The van der Waals surface area contributed by atoms with Crippen LogP contribution < -0.4 is 10.1 Å². The molecule has 0 aliphatic rings. The monoisotopic (exact) mass is 326 g/mol. The number of carbonyl (C=O) groups is 1. The first-order valence-electron chi connectivity index (χ1n) is 8.27. The van der Waals surface area contributed by atoms with Gasteiger partial charge in [-0.15, -0.1) is 0 Å². The van der Waals surface area contributed by atoms with Gasteiger partial charge in [-0.1, -0.05) is 24.3 Å². The molecule has 0 radical (unpaired) electrons. The molecule has 0 aromatic heterocycles. The number of hydrogen-bond acceptors (Lipinski definition) is 3. The molecular weight excluding hydrogens is 300 g/mol. The van der Waals surface area contributed by atoms with Gasteiger partial charge < -0.3 is 10.1 Å². The fourth-order valence-corrected chi connectivity index (χ4v) is 2.61. The Morgan fingerprint density at radius 1 is 1.08 bits per heavy atom. The maximum Gasteiger partial charge on any atom is 0.238 e. The quantitative estimate of drug-likeness (QED) is 0.753. The summed E-state index contributed by atoms with van der Waals surface area (Å²) in [5.41, 5.74) is 3.16. The third kappa shape index (κ3) is 6.42. The average Bonchev–Trinajstić information content (AvgIpc) is 2.51. The minimum atomic E-state index is 0.00600. The van der Waals surface area contributed by atoms with E-state index in [1.54, 1.807) is 0 Å². The summed E-state index contributed by atoms with van der Waals surface area (Å²) in [6, 6.07) is 15.8. The van der Waals surface area contributed by atoms with Crippen LogP contribution in [0.4, 0.5) is 5.69 Å². The van der Waals surface area contributed by atoms with Gasteiger partial charge in [0.25, 0.3) is 0 Å². The molecule has 0 fully saturated rings. The smallest absolute Gasteiger partial charge is 0.238 e. The van der Waals surface area contributed by atoms with Gasteiger partial charge in [0, 0.05) is 12.2 Å². The molecule has 2 rings (SSSR count). The predicted octanol–water partition coefficient (Wildman–Crippen LogP) is 3.64. The lowest BCUT2D eigenvalue weighted by Crippen LogP contribution is -2.31. The Kier molecular flexibility index (Phi) is 6.82. The van der Waals surface area contributed by atoms with E-state index < -0.39 is 0 Å². The topological polar surface area (TPSA) is 41.6 Å². The number of aryl methyl sites for hydroxylation is 2. The summed E-state index contributed by atoms with van der Waals surface area (Å²) in [6.07, 6.45) is 0.877. The summed E-state index contributed by atoms with van der Waals surface area (Å²) in [5.74, 6) is 0.888. The number of likely N-dealkylation sites (N-methyl/N-ethyl adjacent to an activating group) is 1. The number of benzene rings is 2. The molecule has 1 N–H and O–H groups in total. The summed E-state index contributed by atoms with van der Waals surface area (Å²) in [6.45, 7) is 5.89. The molecule has 0 saturated carbocycles. The van der Waals surface area contributed by atoms with E-state index in [9.17, 15) is 4.79 Å². The van der Waals surface area contributed by atoms with Gasteiger partial charge in [0.1, 0.15) is 5.75 Å². The number of nitrogens with zero attached hydrogens (tertiary/aromatic N) is 1. The number of amides is 1. The molecular formula is C20H26N2O2. The first-order valence-corrected chi connectivity index (χ1v) is 8.27. The van der Waals surface area contributed by atoms with Crippen LogP contribution in [0.1, 0.15) is 17.5 Å². The van der Waals surface area contributed by atoms with Crippen LogP contribution in [0.5, 0.6) is 5.75 Å². The van der Waals surface area contributed by atoms with Crippen molar-refractivity contribution >= 4 is 11.6 Å². The van der Waals surface area contributed by atoms with Crippen molar-refractivity contribution < 1.29 is 9.53 Å². The highest BCUT2D eigenvalue weighted by Gasteiger charge is 2.07. The number of para-hydroxylation sites is 1. The molecule has 2 aromatic carbocycles. The molecule has 4 heteroatoms. The summed E-state index contributed by atoms with van der Waals surface area (Å²) < 4.78 is 5.66. The highest BCUT2D eigenvalue weighted by atomic mass is 16.5. The van der Waals surface area contributed by atoms with E-state index in [1.807, 2.05) is 68.3 Å². The molecule has 2 aromatic rings. The zero-order valence-corrected chi connectivity index (χ0v) is 14.7. The molecule has 0 unspecified atom stereocenters. The SMILES string of the molecule is Cc1cc(C)cc(NC(=O)CN(C)CCCOc2ccccc2)c1. The molecule has 0 heterocycles. The highest BCUT2D eigenvalue weighted by molar-refractivity contribution is 5.92. The van der Waals surface area contributed by atoms with E-state index in [-0.39, 0.29) is 5.91 Å². The van der Waals surface area contributed by atoms with E-state index >= 15 is 0 Å². The van der Waals surface area contributed by atoms with Crippen molar-refractivity contribution in [3.05, 3.63) is 59.7 Å². The summed E-state index contributed by atoms with van der Waals surface area (Å²) in [4.78, 5) is 14.1. The fourth-order valence-electron chi connectivity index (χ4n) is 2.61. The number of nitrogens with one attached hydrogen (secondary N) is 1. The normalized spacial score (nSPS) is 10.7. The van der Waals surface area contributed by atoms with Gasteiger partial charge in [-0.05, 0) is 62.7 Å². The third-order valence-electron chi connectivity index (χ3n) is 3.62. The van der Waals surface area contributed by atoms with Crippen molar-refractivity contribution in [2.45, 2.75) is 20.3 Å². The molecule has 4 nitrogen and oxygen atoms in total. The fraction of sp³-hybridized carbons (Fsp3) is 0.350. The van der Waals surface area contributed by atoms with Gasteiger partial charge in [0.05, 0.1) is 13.2 Å². The Labute approximate surface area is 144 Å². The van der Waals surface area contributed by atoms with Crippen LogP contribution in [0.15, 0.2) is 48.5 Å². The Morgan fingerprint density at radius 3 is 2.42 bits per heavy atom. The van der Waals surface area contributed by atoms with Crippen molar-refractivity contribution in [3.8, 4) is 5.75 Å². The summed E-state index contributed by atoms with van der Waals surface area (Å²) in [5, 5.41) is 2.96. The van der Waals surface area contributed by atoms with Crippen LogP contribution in [0.25, 0.3) is 0 Å². The van der Waals surface area contributed by atoms with Gasteiger partial charge >= 0.3 is 0 Å². The van der Waals surface area contributed by atoms with E-state index in [2.05, 4.69) is 11.4 Å². The number of hydrogen-bond donors (Lipinski definition) is 1. The van der Waals surface area contributed by atoms with E-state index in [0.29, 0.717) is 13.2 Å². The number of rotatable bonds is 8. The van der Waals surface area contributed by atoms with Gasteiger partial charge in [-0.3, -0.25) is 9.69 Å². The maximum atomic E-state index is 12.1. The molecule has 1 amide bonds. The number of anilines is 1. The Hall–Kier alpha value is -2.33. The molecule has 0 atom stereocenters. The van der Waals surface area contributed by atoms with Crippen molar-refractivity contribution in [3.63, 3.8) is 0 Å². The van der Waals surface area contributed by atoms with Gasteiger partial charge in [-0.2, -0.15) is 0 Å². The Bertz CT molecular complexity index is 636. The predicted molar refractivity (Wildman–Crippen MR) is 98.6 cm³/mol. The second-order valence-electron chi connectivity index (χ2n) is 6.18. The lowest BCUT2D eigenvalue weighted by atomic mass is 10.1. The molecule has 0 bridgehead atoms.